The Balaban J connectivity index is 1.85. The Labute approximate surface area is 225 Å². The van der Waals surface area contributed by atoms with E-state index >= 15 is 0 Å². The molecule has 0 spiro atoms. The van der Waals surface area contributed by atoms with Gasteiger partial charge in [0.1, 0.15) is 0 Å². The molecule has 0 N–H and O–H groups in total. The molecule has 2 aliphatic rings. The van der Waals surface area contributed by atoms with E-state index in [4.69, 9.17) is 18.6 Å². The monoisotopic (exact) mass is 502 g/mol. The van der Waals surface area contributed by atoms with Crippen LogP contribution in [0.1, 0.15) is 85.3 Å². The largest absolute Gasteiger partial charge is 0.463 e. The number of hydrogen-bond acceptors (Lipinski definition) is 4. The van der Waals surface area contributed by atoms with Crippen molar-refractivity contribution in [3.05, 3.63) is 84.4 Å². The number of hydrogen-bond donors (Lipinski definition) is 0. The van der Waals surface area contributed by atoms with Gasteiger partial charge in [0.05, 0.1) is 27.6 Å². The summed E-state index contributed by atoms with van der Waals surface area (Å²) < 4.78 is 27.4. The van der Waals surface area contributed by atoms with Crippen LogP contribution >= 0.6 is 0 Å². The van der Waals surface area contributed by atoms with Crippen LogP contribution in [0, 0.1) is 0 Å². The molecule has 0 amide bonds. The van der Waals surface area contributed by atoms with Gasteiger partial charge in [0.15, 0.2) is 0 Å². The maximum Gasteiger partial charge on any atom is 0.463 e. The van der Waals surface area contributed by atoms with Crippen LogP contribution in [-0.2, 0) is 25.0 Å². The fourth-order valence-corrected chi connectivity index (χ4v) is 5.49. The predicted molar refractivity (Wildman–Crippen MR) is 154 cm³/mol. The van der Waals surface area contributed by atoms with Gasteiger partial charge in [-0.2, -0.15) is 0 Å². The molecule has 6 heteroatoms. The highest BCUT2D eigenvalue weighted by molar-refractivity contribution is 6.72. The zero-order valence-corrected chi connectivity index (χ0v) is 24.0. The quantitative estimate of drug-likeness (QED) is 0.264. The van der Waals surface area contributed by atoms with E-state index in [9.17, 15) is 0 Å². The van der Waals surface area contributed by atoms with Crippen molar-refractivity contribution in [1.29, 1.82) is 0 Å². The van der Waals surface area contributed by atoms with Gasteiger partial charge in [-0.3, -0.25) is 0 Å². The fraction of sp³-hybridized carbons (Fsp3) is 0.548. The minimum Gasteiger partial charge on any atom is -0.403 e. The molecule has 0 radical (unpaired) electrons. The average molecular weight is 502 g/mol. The molecule has 1 atom stereocenters. The highest BCUT2D eigenvalue weighted by Gasteiger charge is 2.71. The molecular weight excluding hydrogens is 458 g/mol. The van der Waals surface area contributed by atoms with Crippen molar-refractivity contribution in [2.24, 2.45) is 0 Å². The first-order valence-corrected chi connectivity index (χ1v) is 13.7. The lowest BCUT2D eigenvalue weighted by Gasteiger charge is -2.42. The topological polar surface area (TPSA) is 36.9 Å². The van der Waals surface area contributed by atoms with Crippen molar-refractivity contribution in [3.63, 3.8) is 0 Å². The first-order valence-electron chi connectivity index (χ1n) is 13.7. The molecule has 0 aromatic heterocycles. The Morgan fingerprint density at radius 2 is 1.11 bits per heavy atom. The van der Waals surface area contributed by atoms with E-state index in [1.807, 2.05) is 12.1 Å². The van der Waals surface area contributed by atoms with Gasteiger partial charge in [-0.25, -0.2) is 0 Å². The van der Waals surface area contributed by atoms with E-state index in [0.717, 1.165) is 24.8 Å². The Hall–Kier alpha value is -1.85. The normalized spacial score (nSPS) is 22.7. The fourth-order valence-electron chi connectivity index (χ4n) is 5.49. The van der Waals surface area contributed by atoms with Crippen LogP contribution in [0.5, 0.6) is 0 Å². The van der Waals surface area contributed by atoms with Gasteiger partial charge < -0.3 is 18.6 Å². The lowest BCUT2D eigenvalue weighted by molar-refractivity contribution is 0.00578. The van der Waals surface area contributed by atoms with E-state index in [-0.39, 0.29) is 5.92 Å². The molecule has 0 unspecified atom stereocenters. The van der Waals surface area contributed by atoms with E-state index in [2.05, 4.69) is 117 Å². The van der Waals surface area contributed by atoms with Crippen LogP contribution in [0.25, 0.3) is 0 Å². The smallest absolute Gasteiger partial charge is 0.403 e. The van der Waals surface area contributed by atoms with Crippen molar-refractivity contribution in [2.45, 2.75) is 108 Å². The van der Waals surface area contributed by atoms with Gasteiger partial charge >= 0.3 is 14.2 Å². The van der Waals surface area contributed by atoms with Gasteiger partial charge in [0.2, 0.25) is 0 Å². The first kappa shape index (κ1) is 28.2. The third-order valence-corrected chi connectivity index (χ3v) is 9.28. The summed E-state index contributed by atoms with van der Waals surface area (Å²) in [6, 6.07) is 21.2. The van der Waals surface area contributed by atoms with Gasteiger partial charge in [-0.1, -0.05) is 66.7 Å². The number of benzene rings is 2. The minimum absolute atomic E-state index is 0.117. The summed E-state index contributed by atoms with van der Waals surface area (Å²) in [7, 11) is -1.10. The van der Waals surface area contributed by atoms with Crippen LogP contribution in [-0.4, -0.2) is 36.6 Å². The van der Waals surface area contributed by atoms with Gasteiger partial charge in [0, 0.05) is 5.92 Å². The highest BCUT2D eigenvalue weighted by Crippen LogP contribution is 2.60. The Morgan fingerprint density at radius 3 is 1.51 bits per heavy atom. The second-order valence-electron chi connectivity index (χ2n) is 12.8. The molecule has 2 aliphatic heterocycles. The highest BCUT2D eigenvalue weighted by atomic mass is 16.7. The zero-order valence-electron chi connectivity index (χ0n) is 24.0. The van der Waals surface area contributed by atoms with Crippen LogP contribution in [0.15, 0.2) is 73.3 Å². The van der Waals surface area contributed by atoms with Gasteiger partial charge in [-0.15, -0.1) is 6.58 Å². The van der Waals surface area contributed by atoms with E-state index in [1.165, 1.54) is 5.56 Å². The molecule has 2 fully saturated rings. The Morgan fingerprint density at radius 1 is 0.703 bits per heavy atom. The molecule has 2 aromatic carbocycles. The number of allylic oxidation sites excluding steroid dienone is 1. The lowest BCUT2D eigenvalue weighted by atomic mass is 9.32. The maximum atomic E-state index is 6.86. The lowest BCUT2D eigenvalue weighted by Crippen LogP contribution is -2.52. The van der Waals surface area contributed by atoms with Crippen molar-refractivity contribution in [1.82, 2.24) is 0 Å². The molecule has 4 nitrogen and oxygen atoms in total. The summed E-state index contributed by atoms with van der Waals surface area (Å²) in [6.45, 7) is 21.2. The summed E-state index contributed by atoms with van der Waals surface area (Å²) in [5.74, 6) is -0.117. The molecule has 0 aliphatic carbocycles. The Bertz CT molecular complexity index is 997. The summed E-state index contributed by atoms with van der Waals surface area (Å²) >= 11 is 0. The van der Waals surface area contributed by atoms with E-state index < -0.39 is 41.9 Å². The average Bonchev–Trinajstić information content (AvgIpc) is 3.19. The van der Waals surface area contributed by atoms with Crippen molar-refractivity contribution in [3.8, 4) is 0 Å². The molecule has 2 heterocycles. The van der Waals surface area contributed by atoms with Crippen molar-refractivity contribution >= 4 is 14.2 Å². The van der Waals surface area contributed by atoms with Crippen LogP contribution in [0.4, 0.5) is 0 Å². The molecular formula is C31H44B2O4. The molecule has 37 heavy (non-hydrogen) atoms. The number of rotatable bonds is 9. The summed E-state index contributed by atoms with van der Waals surface area (Å²) in [6.07, 6.45) is 4.69. The zero-order chi connectivity index (χ0) is 27.1. The van der Waals surface area contributed by atoms with Crippen molar-refractivity contribution in [2.75, 3.05) is 0 Å². The predicted octanol–water partition coefficient (Wildman–Crippen LogP) is 7.44. The summed E-state index contributed by atoms with van der Waals surface area (Å²) in [4.78, 5) is 0. The molecule has 2 aromatic rings. The molecule has 198 valence electrons. The number of aryl methyl sites for hydroxylation is 1. The molecule has 0 saturated carbocycles. The van der Waals surface area contributed by atoms with Gasteiger partial charge in [-0.05, 0) is 85.8 Å². The SMILES string of the molecule is C=C[C@H](c1ccccc1)C(CCCc1ccccc1)(B1OC(C)(C)C(C)(C)O1)B1OC(C)(C)C(C)(C)O1. The summed E-state index contributed by atoms with van der Waals surface area (Å²) in [5, 5.41) is -0.673. The standard InChI is InChI=1S/C31H44B2O4/c1-10-26(25-21-15-12-16-22-25)31(23-17-20-24-18-13-11-14-19-24,32-34-27(2,3)28(4,5)35-32)33-36-29(6,7)30(8,9)37-33/h10-16,18-19,21-22,26H,1,17,20,23H2,2-9H3/t26-/m1/s1. The van der Waals surface area contributed by atoms with Crippen LogP contribution in [0.3, 0.4) is 0 Å². The minimum atomic E-state index is -0.673. The van der Waals surface area contributed by atoms with Gasteiger partial charge in [0.25, 0.3) is 0 Å². The molecule has 0 bridgehead atoms. The second-order valence-corrected chi connectivity index (χ2v) is 12.8. The van der Waals surface area contributed by atoms with E-state index in [1.54, 1.807) is 0 Å². The third-order valence-electron chi connectivity index (χ3n) is 9.28. The van der Waals surface area contributed by atoms with Crippen molar-refractivity contribution < 1.29 is 18.6 Å². The first-order chi connectivity index (χ1) is 17.3. The molecule has 2 saturated heterocycles. The second kappa shape index (κ2) is 10.0. The van der Waals surface area contributed by atoms with Crippen LogP contribution < -0.4 is 0 Å². The van der Waals surface area contributed by atoms with Crippen LogP contribution in [0.2, 0.25) is 5.21 Å². The molecule has 4 rings (SSSR count). The van der Waals surface area contributed by atoms with E-state index in [0.29, 0.717) is 0 Å². The maximum absolute atomic E-state index is 6.86. The Kier molecular flexibility index (Phi) is 7.64. The summed E-state index contributed by atoms with van der Waals surface area (Å²) in [5.41, 5.74) is 0.502. The third kappa shape index (κ3) is 5.11.